The van der Waals surface area contributed by atoms with Crippen molar-refractivity contribution in [3.05, 3.63) is 6.20 Å². The number of nitrogens with one attached hydrogen (secondary N) is 2. The molecule has 2 aromatic heterocycles. The summed E-state index contributed by atoms with van der Waals surface area (Å²) < 4.78 is 0. The Morgan fingerprint density at radius 2 is 2.10 bits per heavy atom. The highest BCUT2D eigenvalue weighted by Crippen LogP contribution is 2.20. The van der Waals surface area contributed by atoms with E-state index in [1.165, 1.54) is 0 Å². The van der Waals surface area contributed by atoms with Gasteiger partial charge in [-0.1, -0.05) is 13.8 Å². The second-order valence-corrected chi connectivity index (χ2v) is 5.28. The lowest BCUT2D eigenvalue weighted by Gasteiger charge is -2.20. The summed E-state index contributed by atoms with van der Waals surface area (Å²) in [5.41, 5.74) is 6.39. The van der Waals surface area contributed by atoms with Gasteiger partial charge < -0.3 is 16.0 Å². The largest absolute Gasteiger partial charge is 0.368 e. The summed E-state index contributed by atoms with van der Waals surface area (Å²) in [6.45, 7) is 9.90. The van der Waals surface area contributed by atoms with E-state index in [1.54, 1.807) is 6.20 Å². The molecule has 0 aromatic carbocycles. The summed E-state index contributed by atoms with van der Waals surface area (Å²) in [6.07, 6.45) is 3.96. The molecule has 7 nitrogen and oxygen atoms in total. The lowest BCUT2D eigenvalue weighted by atomic mass is 10.1. The highest BCUT2D eigenvalue weighted by atomic mass is 15.2. The van der Waals surface area contributed by atoms with Crippen LogP contribution in [0.5, 0.6) is 0 Å². The molecule has 2 rings (SSSR count). The van der Waals surface area contributed by atoms with E-state index in [9.17, 15) is 0 Å². The third-order valence-electron chi connectivity index (χ3n) is 3.72. The van der Waals surface area contributed by atoms with Crippen LogP contribution in [0.4, 0.5) is 11.8 Å². The molecule has 0 saturated heterocycles. The predicted octanol–water partition coefficient (Wildman–Crippen LogP) is 1.86. The molecule has 1 unspecified atom stereocenters. The van der Waals surface area contributed by atoms with Crippen LogP contribution in [0.1, 0.15) is 33.6 Å². The van der Waals surface area contributed by atoms with Gasteiger partial charge in [-0.05, 0) is 39.4 Å². The van der Waals surface area contributed by atoms with Gasteiger partial charge in [-0.25, -0.2) is 0 Å². The number of H-pyrrole nitrogens is 1. The van der Waals surface area contributed by atoms with E-state index in [4.69, 9.17) is 5.73 Å². The summed E-state index contributed by atoms with van der Waals surface area (Å²) in [6, 6.07) is 0.327. The average molecular weight is 291 g/mol. The summed E-state index contributed by atoms with van der Waals surface area (Å²) in [4.78, 5) is 10.8. The molecule has 0 saturated carbocycles. The van der Waals surface area contributed by atoms with Gasteiger partial charge >= 0.3 is 0 Å². The van der Waals surface area contributed by atoms with Gasteiger partial charge in [0.1, 0.15) is 5.82 Å². The van der Waals surface area contributed by atoms with Crippen LogP contribution in [-0.4, -0.2) is 50.7 Å². The summed E-state index contributed by atoms with van der Waals surface area (Å²) in [7, 11) is 0. The fourth-order valence-corrected chi connectivity index (χ4v) is 2.43. The quantitative estimate of drug-likeness (QED) is 0.687. The van der Waals surface area contributed by atoms with Crippen molar-refractivity contribution >= 4 is 22.8 Å². The number of fused-ring (bicyclic) bond motifs is 1. The van der Waals surface area contributed by atoms with Crippen molar-refractivity contribution < 1.29 is 0 Å². The van der Waals surface area contributed by atoms with Gasteiger partial charge in [0.2, 0.25) is 5.95 Å². The first-order chi connectivity index (χ1) is 10.1. The van der Waals surface area contributed by atoms with E-state index >= 15 is 0 Å². The van der Waals surface area contributed by atoms with Gasteiger partial charge in [0.25, 0.3) is 0 Å². The molecule has 7 heteroatoms. The SMILES string of the molecule is CCN(CC)CCCC(C)Nc1nc(N)nc2[nH]ncc12. The maximum absolute atomic E-state index is 5.72. The van der Waals surface area contributed by atoms with Crippen LogP contribution in [0.25, 0.3) is 11.0 Å². The third kappa shape index (κ3) is 4.04. The molecular weight excluding hydrogens is 266 g/mol. The zero-order valence-corrected chi connectivity index (χ0v) is 13.1. The van der Waals surface area contributed by atoms with Crippen molar-refractivity contribution in [2.45, 2.75) is 39.7 Å². The molecule has 0 aliphatic heterocycles. The Labute approximate surface area is 125 Å². The van der Waals surface area contributed by atoms with Crippen LogP contribution in [0.15, 0.2) is 6.20 Å². The molecule has 0 radical (unpaired) electrons. The van der Waals surface area contributed by atoms with E-state index in [1.807, 2.05) is 0 Å². The monoisotopic (exact) mass is 291 g/mol. The Kier molecular flexibility index (Phi) is 5.32. The van der Waals surface area contributed by atoms with Crippen LogP contribution < -0.4 is 11.1 Å². The van der Waals surface area contributed by atoms with Crippen LogP contribution in [0, 0.1) is 0 Å². The normalized spacial score (nSPS) is 13.0. The number of nitrogens with two attached hydrogens (primary N) is 1. The zero-order chi connectivity index (χ0) is 15.2. The van der Waals surface area contributed by atoms with Gasteiger partial charge in [0.05, 0.1) is 11.6 Å². The van der Waals surface area contributed by atoms with E-state index in [0.29, 0.717) is 11.7 Å². The molecule has 0 fully saturated rings. The van der Waals surface area contributed by atoms with E-state index in [0.717, 1.165) is 43.7 Å². The van der Waals surface area contributed by atoms with Crippen LogP contribution in [0.2, 0.25) is 0 Å². The van der Waals surface area contributed by atoms with E-state index in [-0.39, 0.29) is 5.95 Å². The van der Waals surface area contributed by atoms with Crippen molar-refractivity contribution in [1.82, 2.24) is 25.1 Å². The molecular formula is C14H25N7. The maximum atomic E-state index is 5.72. The zero-order valence-electron chi connectivity index (χ0n) is 13.1. The lowest BCUT2D eigenvalue weighted by molar-refractivity contribution is 0.295. The minimum Gasteiger partial charge on any atom is -0.368 e. The fourth-order valence-electron chi connectivity index (χ4n) is 2.43. The molecule has 116 valence electrons. The number of aromatic nitrogens is 4. The number of nitrogens with zero attached hydrogens (tertiary/aromatic N) is 4. The molecule has 1 atom stereocenters. The first-order valence-electron chi connectivity index (χ1n) is 7.59. The maximum Gasteiger partial charge on any atom is 0.224 e. The minimum atomic E-state index is 0.254. The van der Waals surface area contributed by atoms with Crippen LogP contribution in [-0.2, 0) is 0 Å². The Balaban J connectivity index is 1.92. The lowest BCUT2D eigenvalue weighted by Crippen LogP contribution is -2.25. The number of aromatic amines is 1. The Morgan fingerprint density at radius 1 is 1.33 bits per heavy atom. The Hall–Kier alpha value is -1.89. The summed E-state index contributed by atoms with van der Waals surface area (Å²) in [5, 5.41) is 11.1. The Morgan fingerprint density at radius 3 is 2.81 bits per heavy atom. The number of anilines is 2. The second-order valence-electron chi connectivity index (χ2n) is 5.28. The Bertz CT molecular complexity index is 561. The van der Waals surface area contributed by atoms with Gasteiger partial charge in [-0.2, -0.15) is 15.1 Å². The first-order valence-corrected chi connectivity index (χ1v) is 7.59. The van der Waals surface area contributed by atoms with Crippen molar-refractivity contribution in [2.75, 3.05) is 30.7 Å². The van der Waals surface area contributed by atoms with Gasteiger partial charge in [-0.15, -0.1) is 0 Å². The topological polar surface area (TPSA) is 95.7 Å². The highest BCUT2D eigenvalue weighted by Gasteiger charge is 2.11. The predicted molar refractivity (Wildman–Crippen MR) is 86.2 cm³/mol. The molecule has 21 heavy (non-hydrogen) atoms. The van der Waals surface area contributed by atoms with Crippen LogP contribution in [0.3, 0.4) is 0 Å². The highest BCUT2D eigenvalue weighted by molar-refractivity contribution is 5.86. The number of rotatable bonds is 8. The fraction of sp³-hybridized carbons (Fsp3) is 0.643. The van der Waals surface area contributed by atoms with Crippen molar-refractivity contribution in [3.8, 4) is 0 Å². The summed E-state index contributed by atoms with van der Waals surface area (Å²) >= 11 is 0. The van der Waals surface area contributed by atoms with Crippen molar-refractivity contribution in [3.63, 3.8) is 0 Å². The molecule has 2 heterocycles. The molecule has 0 amide bonds. The second kappa shape index (κ2) is 7.21. The molecule has 0 aliphatic rings. The number of hydrogen-bond acceptors (Lipinski definition) is 6. The van der Waals surface area contributed by atoms with E-state index in [2.05, 4.69) is 51.2 Å². The van der Waals surface area contributed by atoms with Crippen molar-refractivity contribution in [1.29, 1.82) is 0 Å². The van der Waals surface area contributed by atoms with Gasteiger partial charge in [0.15, 0.2) is 5.65 Å². The molecule has 4 N–H and O–H groups in total. The molecule has 2 aromatic rings. The van der Waals surface area contributed by atoms with Crippen LogP contribution >= 0.6 is 0 Å². The van der Waals surface area contributed by atoms with Gasteiger partial charge in [0, 0.05) is 6.04 Å². The number of nitrogen functional groups attached to an aromatic ring is 1. The van der Waals surface area contributed by atoms with E-state index < -0.39 is 0 Å². The molecule has 0 aliphatic carbocycles. The standard InChI is InChI=1S/C14H25N7/c1-4-21(5-2)8-6-7-10(3)17-12-11-9-16-20-13(11)19-14(15)18-12/h9-10H,4-8H2,1-3H3,(H4,15,16,17,18,19,20). The minimum absolute atomic E-state index is 0.254. The smallest absolute Gasteiger partial charge is 0.224 e. The average Bonchev–Trinajstić information content (AvgIpc) is 2.92. The molecule has 0 spiro atoms. The third-order valence-corrected chi connectivity index (χ3v) is 3.72. The number of hydrogen-bond donors (Lipinski definition) is 3. The first kappa shape index (κ1) is 15.5. The molecule has 0 bridgehead atoms. The van der Waals surface area contributed by atoms with Crippen molar-refractivity contribution in [2.24, 2.45) is 0 Å². The van der Waals surface area contributed by atoms with Gasteiger partial charge in [-0.3, -0.25) is 5.10 Å². The summed E-state index contributed by atoms with van der Waals surface area (Å²) in [5.74, 6) is 1.01.